The second kappa shape index (κ2) is 8.97. The Morgan fingerprint density at radius 2 is 1.37 bits per heavy atom. The third kappa shape index (κ3) is 3.82. The summed E-state index contributed by atoms with van der Waals surface area (Å²) in [6, 6.07) is 17.1. The van der Waals surface area contributed by atoms with Crippen molar-refractivity contribution in [1.82, 2.24) is 4.57 Å². The standard InChI is InChI=1S/C29H20F3NO5/c30-29(31,32)18-4-1-16(2-5-18)17-3-9-23-22(15-17)19-6-7-20-25-21(8-10-24(38-23)26(19)25)28(36)33(27(20)35)11-13-37-14-12-34/h1-10,15,34H,11-14H2. The lowest BCUT2D eigenvalue weighted by atomic mass is 9.95. The molecule has 38 heavy (non-hydrogen) atoms. The highest BCUT2D eigenvalue weighted by Crippen LogP contribution is 2.38. The summed E-state index contributed by atoms with van der Waals surface area (Å²) >= 11 is 0. The first kappa shape index (κ1) is 24.1. The summed E-state index contributed by atoms with van der Waals surface area (Å²) in [5.74, 6) is 0. The summed E-state index contributed by atoms with van der Waals surface area (Å²) in [4.78, 5) is 26.5. The van der Waals surface area contributed by atoms with Crippen molar-refractivity contribution in [3.8, 4) is 11.1 Å². The predicted molar refractivity (Wildman–Crippen MR) is 139 cm³/mol. The summed E-state index contributed by atoms with van der Waals surface area (Å²) in [7, 11) is 0. The summed E-state index contributed by atoms with van der Waals surface area (Å²) in [6.07, 6.45) is -4.42. The SMILES string of the molecule is O=c1c2ccc3oc4ccc(-c5ccc(C(F)(F)F)cc5)cc4c4ccc(c(=O)n1CCOCCO)c2c34. The van der Waals surface area contributed by atoms with Crippen LogP contribution in [0.1, 0.15) is 5.56 Å². The highest BCUT2D eigenvalue weighted by molar-refractivity contribution is 6.26. The number of halogens is 3. The number of hydrogen-bond donors (Lipinski definition) is 1. The number of aromatic nitrogens is 1. The lowest BCUT2D eigenvalue weighted by Crippen LogP contribution is -2.34. The zero-order chi connectivity index (χ0) is 26.6. The van der Waals surface area contributed by atoms with Crippen LogP contribution in [0.5, 0.6) is 0 Å². The van der Waals surface area contributed by atoms with Gasteiger partial charge in [0, 0.05) is 26.9 Å². The van der Waals surface area contributed by atoms with Crippen molar-refractivity contribution in [1.29, 1.82) is 0 Å². The summed E-state index contributed by atoms with van der Waals surface area (Å²) < 4.78 is 51.5. The quantitative estimate of drug-likeness (QED) is 0.177. The van der Waals surface area contributed by atoms with Crippen LogP contribution < -0.4 is 11.1 Å². The van der Waals surface area contributed by atoms with Gasteiger partial charge in [0.05, 0.1) is 31.9 Å². The molecule has 2 heterocycles. The molecule has 0 aliphatic carbocycles. The molecule has 0 fully saturated rings. The van der Waals surface area contributed by atoms with E-state index >= 15 is 0 Å². The number of aliphatic hydroxyl groups excluding tert-OH is 1. The van der Waals surface area contributed by atoms with Gasteiger partial charge in [0.15, 0.2) is 0 Å². The summed E-state index contributed by atoms with van der Waals surface area (Å²) in [5, 5.41) is 12.2. The minimum Gasteiger partial charge on any atom is -0.456 e. The Labute approximate surface area is 212 Å². The maximum absolute atomic E-state index is 13.3. The smallest absolute Gasteiger partial charge is 0.416 e. The molecule has 6 nitrogen and oxygen atoms in total. The number of aliphatic hydroxyl groups is 1. The maximum Gasteiger partial charge on any atom is 0.416 e. The molecule has 6 aromatic rings. The molecule has 0 unspecified atom stereocenters. The molecule has 6 rings (SSSR count). The molecule has 0 aliphatic heterocycles. The van der Waals surface area contributed by atoms with Gasteiger partial charge in [-0.05, 0) is 59.0 Å². The van der Waals surface area contributed by atoms with E-state index in [4.69, 9.17) is 14.3 Å². The molecule has 0 spiro atoms. The molecule has 0 amide bonds. The first-order valence-electron chi connectivity index (χ1n) is 11.9. The second-order valence-electron chi connectivity index (χ2n) is 9.01. The molecular formula is C29H20F3NO5. The largest absolute Gasteiger partial charge is 0.456 e. The zero-order valence-corrected chi connectivity index (χ0v) is 19.8. The summed E-state index contributed by atoms with van der Waals surface area (Å²) in [6.45, 7) is 0.117. The van der Waals surface area contributed by atoms with Gasteiger partial charge in [-0.2, -0.15) is 13.2 Å². The van der Waals surface area contributed by atoms with Crippen LogP contribution >= 0.6 is 0 Å². The fourth-order valence-corrected chi connectivity index (χ4v) is 5.02. The lowest BCUT2D eigenvalue weighted by Gasteiger charge is -2.14. The number of pyridine rings is 1. The Bertz CT molecular complexity index is 1910. The third-order valence-electron chi connectivity index (χ3n) is 6.80. The van der Waals surface area contributed by atoms with Crippen molar-refractivity contribution in [3.63, 3.8) is 0 Å². The van der Waals surface area contributed by atoms with Crippen LogP contribution in [0, 0.1) is 0 Å². The average Bonchev–Trinajstić information content (AvgIpc) is 2.91. The van der Waals surface area contributed by atoms with Crippen molar-refractivity contribution in [2.24, 2.45) is 0 Å². The van der Waals surface area contributed by atoms with E-state index in [0.29, 0.717) is 49.2 Å². The maximum atomic E-state index is 13.3. The Hall–Kier alpha value is -4.21. The molecule has 0 bridgehead atoms. The van der Waals surface area contributed by atoms with Crippen LogP contribution in [0.15, 0.2) is 80.7 Å². The van der Waals surface area contributed by atoms with E-state index in [-0.39, 0.29) is 26.4 Å². The minimum absolute atomic E-state index is 0.0535. The van der Waals surface area contributed by atoms with Gasteiger partial charge in [-0.1, -0.05) is 24.3 Å². The first-order valence-corrected chi connectivity index (χ1v) is 11.9. The van der Waals surface area contributed by atoms with Crippen LogP contribution in [-0.2, 0) is 17.5 Å². The van der Waals surface area contributed by atoms with Gasteiger partial charge in [-0.15, -0.1) is 0 Å². The molecule has 9 heteroatoms. The molecule has 0 saturated carbocycles. The Kier molecular flexibility index (Phi) is 5.70. The molecule has 0 aliphatic rings. The second-order valence-corrected chi connectivity index (χ2v) is 9.01. The van der Waals surface area contributed by atoms with Crippen molar-refractivity contribution in [2.45, 2.75) is 12.7 Å². The van der Waals surface area contributed by atoms with Crippen LogP contribution in [0.25, 0.3) is 54.6 Å². The van der Waals surface area contributed by atoms with Crippen molar-refractivity contribution < 1.29 is 27.4 Å². The number of fused-ring (bicyclic) bond motifs is 2. The summed E-state index contributed by atoms with van der Waals surface area (Å²) in [5.41, 5.74) is 0.776. The van der Waals surface area contributed by atoms with Crippen molar-refractivity contribution >= 4 is 43.5 Å². The van der Waals surface area contributed by atoms with Gasteiger partial charge in [0.25, 0.3) is 11.1 Å². The number of hydrogen-bond acceptors (Lipinski definition) is 5. The number of ether oxygens (including phenoxy) is 1. The fraction of sp³-hybridized carbons (Fsp3) is 0.172. The highest BCUT2D eigenvalue weighted by atomic mass is 19.4. The number of rotatable bonds is 6. The molecular weight excluding hydrogens is 499 g/mol. The lowest BCUT2D eigenvalue weighted by molar-refractivity contribution is -0.137. The third-order valence-corrected chi connectivity index (χ3v) is 6.80. The number of nitrogens with zero attached hydrogens (tertiary/aromatic N) is 1. The van der Waals surface area contributed by atoms with Gasteiger partial charge < -0.3 is 14.3 Å². The molecule has 192 valence electrons. The van der Waals surface area contributed by atoms with Gasteiger partial charge in [0.1, 0.15) is 11.2 Å². The van der Waals surface area contributed by atoms with E-state index in [0.717, 1.165) is 22.1 Å². The molecule has 0 radical (unpaired) electrons. The van der Waals surface area contributed by atoms with Crippen molar-refractivity contribution in [3.05, 3.63) is 93.0 Å². The molecule has 0 saturated heterocycles. The zero-order valence-electron chi connectivity index (χ0n) is 19.8. The normalized spacial score (nSPS) is 12.4. The fourth-order valence-electron chi connectivity index (χ4n) is 5.02. The number of alkyl halides is 3. The van der Waals surface area contributed by atoms with E-state index in [2.05, 4.69) is 0 Å². The predicted octanol–water partition coefficient (Wildman–Crippen LogP) is 5.55. The molecule has 2 aromatic heterocycles. The monoisotopic (exact) mass is 519 g/mol. The van der Waals surface area contributed by atoms with Gasteiger partial charge in [-0.3, -0.25) is 14.2 Å². The topological polar surface area (TPSA) is 81.7 Å². The van der Waals surface area contributed by atoms with E-state index in [9.17, 15) is 22.8 Å². The molecule has 1 N–H and O–H groups in total. The van der Waals surface area contributed by atoms with E-state index in [1.807, 2.05) is 6.07 Å². The Morgan fingerprint density at radius 1 is 0.737 bits per heavy atom. The van der Waals surface area contributed by atoms with Gasteiger partial charge in [0.2, 0.25) is 0 Å². The Morgan fingerprint density at radius 3 is 2.05 bits per heavy atom. The van der Waals surface area contributed by atoms with E-state index in [1.54, 1.807) is 36.4 Å². The van der Waals surface area contributed by atoms with E-state index < -0.39 is 22.9 Å². The van der Waals surface area contributed by atoms with Gasteiger partial charge in [-0.25, -0.2) is 0 Å². The van der Waals surface area contributed by atoms with E-state index in [1.165, 1.54) is 12.1 Å². The first-order chi connectivity index (χ1) is 18.3. The minimum atomic E-state index is -4.42. The molecule has 0 atom stereocenters. The van der Waals surface area contributed by atoms with Crippen molar-refractivity contribution in [2.75, 3.05) is 19.8 Å². The highest BCUT2D eigenvalue weighted by Gasteiger charge is 2.30. The van der Waals surface area contributed by atoms with Crippen LogP contribution in [-0.4, -0.2) is 29.5 Å². The molecule has 4 aromatic carbocycles. The number of benzene rings is 4. The van der Waals surface area contributed by atoms with Crippen LogP contribution in [0.3, 0.4) is 0 Å². The van der Waals surface area contributed by atoms with Gasteiger partial charge >= 0.3 is 6.18 Å². The Balaban J connectivity index is 1.55. The van der Waals surface area contributed by atoms with Crippen LogP contribution in [0.4, 0.5) is 13.2 Å². The average molecular weight is 519 g/mol. The van der Waals surface area contributed by atoms with Crippen LogP contribution in [0.2, 0.25) is 0 Å².